The molecule has 0 unspecified atom stereocenters. The zero-order valence-corrected chi connectivity index (χ0v) is 13.0. The Labute approximate surface area is 130 Å². The molecule has 0 fully saturated rings. The lowest BCUT2D eigenvalue weighted by atomic mass is 10.1. The number of hydrogen-bond donors (Lipinski definition) is 2. The quantitative estimate of drug-likeness (QED) is 0.820. The number of nitrogen functional groups attached to an aromatic ring is 1. The molecule has 0 spiro atoms. The minimum atomic E-state index is -0.324. The smallest absolute Gasteiger partial charge is 0.257 e. The first-order valence-corrected chi connectivity index (χ1v) is 6.88. The molecule has 4 nitrogen and oxygen atoms in total. The largest absolute Gasteiger partial charge is 0.495 e. The van der Waals surface area contributed by atoms with Gasteiger partial charge in [0.15, 0.2) is 0 Å². The summed E-state index contributed by atoms with van der Waals surface area (Å²) < 4.78 is 6.03. The van der Waals surface area contributed by atoms with Crippen LogP contribution in [0.1, 0.15) is 10.4 Å². The van der Waals surface area contributed by atoms with E-state index in [0.717, 1.165) is 4.47 Å². The molecule has 2 aromatic carbocycles. The summed E-state index contributed by atoms with van der Waals surface area (Å²) in [6, 6.07) is 10.1. The maximum Gasteiger partial charge on any atom is 0.257 e. The zero-order valence-electron chi connectivity index (χ0n) is 10.6. The Bertz CT molecular complexity index is 662. The van der Waals surface area contributed by atoms with Crippen LogP contribution in [0.2, 0.25) is 5.02 Å². The van der Waals surface area contributed by atoms with Crippen LogP contribution < -0.4 is 15.8 Å². The monoisotopic (exact) mass is 354 g/mol. The van der Waals surface area contributed by atoms with Crippen LogP contribution in [0.5, 0.6) is 5.75 Å². The van der Waals surface area contributed by atoms with Gasteiger partial charge in [0.1, 0.15) is 5.75 Å². The summed E-state index contributed by atoms with van der Waals surface area (Å²) in [5, 5.41) is 3.25. The van der Waals surface area contributed by atoms with Gasteiger partial charge in [-0.3, -0.25) is 4.79 Å². The summed E-state index contributed by atoms with van der Waals surface area (Å²) >= 11 is 9.16. The van der Waals surface area contributed by atoms with Gasteiger partial charge in [0.2, 0.25) is 0 Å². The molecule has 0 atom stereocenters. The number of benzene rings is 2. The molecule has 2 aromatic rings. The molecule has 0 saturated carbocycles. The van der Waals surface area contributed by atoms with Gasteiger partial charge in [0.25, 0.3) is 5.91 Å². The number of nitrogens with two attached hydrogens (primary N) is 1. The number of nitrogens with one attached hydrogen (secondary N) is 1. The molecule has 0 heterocycles. The zero-order chi connectivity index (χ0) is 14.7. The molecule has 0 bridgehead atoms. The van der Waals surface area contributed by atoms with Gasteiger partial charge in [-0.25, -0.2) is 0 Å². The summed E-state index contributed by atoms with van der Waals surface area (Å²) in [5.74, 6) is 0.240. The molecule has 0 aliphatic carbocycles. The van der Waals surface area contributed by atoms with E-state index in [2.05, 4.69) is 21.2 Å². The Morgan fingerprint density at radius 1 is 1.30 bits per heavy atom. The Balaban J connectivity index is 2.30. The molecule has 1 amide bonds. The number of methoxy groups -OCH3 is 1. The fraction of sp³-hybridized carbons (Fsp3) is 0.0714. The van der Waals surface area contributed by atoms with Crippen molar-refractivity contribution in [3.63, 3.8) is 0 Å². The van der Waals surface area contributed by atoms with Gasteiger partial charge in [-0.15, -0.1) is 0 Å². The predicted molar refractivity (Wildman–Crippen MR) is 84.5 cm³/mol. The first-order chi connectivity index (χ1) is 9.51. The molecule has 104 valence electrons. The van der Waals surface area contributed by atoms with Gasteiger partial charge < -0.3 is 15.8 Å². The summed E-state index contributed by atoms with van der Waals surface area (Å²) in [6.07, 6.45) is 0. The van der Waals surface area contributed by atoms with Crippen LogP contribution in [-0.2, 0) is 0 Å². The van der Waals surface area contributed by atoms with Crippen LogP contribution in [0, 0.1) is 0 Å². The van der Waals surface area contributed by atoms with Crippen molar-refractivity contribution in [1.29, 1.82) is 0 Å². The number of rotatable bonds is 3. The van der Waals surface area contributed by atoms with Crippen molar-refractivity contribution in [1.82, 2.24) is 0 Å². The summed E-state index contributed by atoms with van der Waals surface area (Å²) in [5.41, 5.74) is 7.03. The van der Waals surface area contributed by atoms with Crippen LogP contribution in [0.4, 0.5) is 11.4 Å². The van der Waals surface area contributed by atoms with E-state index in [9.17, 15) is 4.79 Å². The Morgan fingerprint density at radius 2 is 2.05 bits per heavy atom. The van der Waals surface area contributed by atoms with E-state index in [1.54, 1.807) is 24.3 Å². The molecule has 2 rings (SSSR count). The second kappa shape index (κ2) is 6.15. The highest BCUT2D eigenvalue weighted by molar-refractivity contribution is 9.10. The topological polar surface area (TPSA) is 64.3 Å². The predicted octanol–water partition coefficient (Wildman–Crippen LogP) is 3.95. The van der Waals surface area contributed by atoms with E-state index in [1.165, 1.54) is 13.2 Å². The van der Waals surface area contributed by atoms with E-state index >= 15 is 0 Å². The fourth-order valence-corrected chi connectivity index (χ4v) is 2.25. The molecule has 6 heteroatoms. The molecule has 0 aliphatic heterocycles. The van der Waals surface area contributed by atoms with E-state index in [4.69, 9.17) is 22.1 Å². The summed E-state index contributed by atoms with van der Waals surface area (Å²) in [6.45, 7) is 0. The van der Waals surface area contributed by atoms with Crippen molar-refractivity contribution in [2.45, 2.75) is 0 Å². The van der Waals surface area contributed by atoms with Crippen molar-refractivity contribution in [3.8, 4) is 5.75 Å². The van der Waals surface area contributed by atoms with Crippen LogP contribution in [0.3, 0.4) is 0 Å². The summed E-state index contributed by atoms with van der Waals surface area (Å²) in [4.78, 5) is 12.2. The highest BCUT2D eigenvalue weighted by atomic mass is 79.9. The van der Waals surface area contributed by atoms with Gasteiger partial charge in [-0.1, -0.05) is 27.5 Å². The first-order valence-electron chi connectivity index (χ1n) is 5.71. The average molecular weight is 356 g/mol. The number of anilines is 2. The molecular formula is C14H12BrClN2O2. The van der Waals surface area contributed by atoms with Gasteiger partial charge in [0, 0.05) is 15.2 Å². The van der Waals surface area contributed by atoms with Gasteiger partial charge >= 0.3 is 0 Å². The Morgan fingerprint density at radius 3 is 2.70 bits per heavy atom. The highest BCUT2D eigenvalue weighted by Gasteiger charge is 2.13. The second-order valence-corrected chi connectivity index (χ2v) is 5.38. The van der Waals surface area contributed by atoms with Crippen LogP contribution in [-0.4, -0.2) is 13.0 Å². The van der Waals surface area contributed by atoms with Crippen molar-refractivity contribution >= 4 is 44.8 Å². The third kappa shape index (κ3) is 3.23. The maximum absolute atomic E-state index is 12.2. The molecule has 0 saturated heterocycles. The SMILES string of the molecule is COc1ccc(Br)cc1NC(=O)c1ccc(Cl)cc1N. The molecule has 0 radical (unpaired) electrons. The van der Waals surface area contributed by atoms with Gasteiger partial charge in [-0.2, -0.15) is 0 Å². The van der Waals surface area contributed by atoms with Crippen LogP contribution in [0.25, 0.3) is 0 Å². The summed E-state index contributed by atoms with van der Waals surface area (Å²) in [7, 11) is 1.54. The standard InChI is InChI=1S/C14H12BrClN2O2/c1-20-13-5-2-8(15)6-12(13)18-14(19)10-4-3-9(16)7-11(10)17/h2-7H,17H2,1H3,(H,18,19). The normalized spacial score (nSPS) is 10.2. The maximum atomic E-state index is 12.2. The van der Waals surface area contributed by atoms with Crippen LogP contribution in [0.15, 0.2) is 40.9 Å². The Hall–Kier alpha value is -1.72. The van der Waals surface area contributed by atoms with Gasteiger partial charge in [-0.05, 0) is 36.4 Å². The molecule has 0 aliphatic rings. The number of amides is 1. The number of halogens is 2. The molecule has 0 aromatic heterocycles. The number of ether oxygens (including phenoxy) is 1. The average Bonchev–Trinajstić information content (AvgIpc) is 2.38. The van der Waals surface area contributed by atoms with Crippen molar-refractivity contribution in [2.75, 3.05) is 18.2 Å². The van der Waals surface area contributed by atoms with Crippen LogP contribution >= 0.6 is 27.5 Å². The van der Waals surface area contributed by atoms with Crippen molar-refractivity contribution < 1.29 is 9.53 Å². The first kappa shape index (κ1) is 14.7. The number of hydrogen-bond acceptors (Lipinski definition) is 3. The number of carbonyl (C=O) groups is 1. The third-order valence-corrected chi connectivity index (χ3v) is 3.40. The minimum absolute atomic E-state index is 0.323. The van der Waals surface area contributed by atoms with E-state index in [-0.39, 0.29) is 5.91 Å². The van der Waals surface area contributed by atoms with Crippen molar-refractivity contribution in [2.24, 2.45) is 0 Å². The number of carbonyl (C=O) groups excluding carboxylic acids is 1. The van der Waals surface area contributed by atoms with E-state index in [1.807, 2.05) is 6.07 Å². The lowest BCUT2D eigenvalue weighted by molar-refractivity contribution is 0.102. The molecule has 3 N–H and O–H groups in total. The van der Waals surface area contributed by atoms with Crippen molar-refractivity contribution in [3.05, 3.63) is 51.5 Å². The lowest BCUT2D eigenvalue weighted by Gasteiger charge is -2.11. The van der Waals surface area contributed by atoms with E-state index in [0.29, 0.717) is 27.7 Å². The molecular weight excluding hydrogens is 344 g/mol. The van der Waals surface area contributed by atoms with E-state index < -0.39 is 0 Å². The molecule has 20 heavy (non-hydrogen) atoms. The lowest BCUT2D eigenvalue weighted by Crippen LogP contribution is -2.14. The third-order valence-electron chi connectivity index (χ3n) is 2.67. The fourth-order valence-electron chi connectivity index (χ4n) is 1.71. The van der Waals surface area contributed by atoms with Gasteiger partial charge in [0.05, 0.1) is 18.4 Å². The highest BCUT2D eigenvalue weighted by Crippen LogP contribution is 2.29. The second-order valence-electron chi connectivity index (χ2n) is 4.03. The minimum Gasteiger partial charge on any atom is -0.495 e. The Kier molecular flexibility index (Phi) is 4.52.